The lowest BCUT2D eigenvalue weighted by Crippen LogP contribution is -2.46. The average molecular weight is 415 g/mol. The lowest BCUT2D eigenvalue weighted by atomic mass is 9.85. The Morgan fingerprint density at radius 1 is 1.13 bits per heavy atom. The molecule has 30 heavy (non-hydrogen) atoms. The molecule has 1 aliphatic heterocycles. The number of nitrogens with one attached hydrogen (secondary N) is 2. The molecule has 0 atom stereocenters. The number of guanidine groups is 1. The van der Waals surface area contributed by atoms with Gasteiger partial charge in [-0.2, -0.15) is 0 Å². The minimum Gasteiger partial charge on any atom is -0.466 e. The highest BCUT2D eigenvalue weighted by Gasteiger charge is 2.27. The van der Waals surface area contributed by atoms with Gasteiger partial charge in [-0.15, -0.1) is 0 Å². The van der Waals surface area contributed by atoms with Crippen LogP contribution in [0.5, 0.6) is 0 Å². The molecule has 1 amide bonds. The Kier molecular flexibility index (Phi) is 8.11. The number of aliphatic imine (C=N–C) groups is 1. The third-order valence-corrected chi connectivity index (χ3v) is 5.83. The van der Waals surface area contributed by atoms with E-state index < -0.39 is 0 Å². The maximum Gasteiger partial charge on any atom is 0.309 e. The summed E-state index contributed by atoms with van der Waals surface area (Å²) in [7, 11) is 0. The van der Waals surface area contributed by atoms with Crippen LogP contribution >= 0.6 is 0 Å². The van der Waals surface area contributed by atoms with Crippen molar-refractivity contribution in [1.82, 2.24) is 10.2 Å². The number of likely N-dealkylation sites (tertiary alicyclic amines) is 1. The van der Waals surface area contributed by atoms with E-state index in [-0.39, 0.29) is 23.7 Å². The number of hydrogen-bond donors (Lipinski definition) is 2. The van der Waals surface area contributed by atoms with Crippen molar-refractivity contribution in [2.24, 2.45) is 16.8 Å². The number of carbonyl (C=O) groups is 2. The summed E-state index contributed by atoms with van der Waals surface area (Å²) in [6.07, 6.45) is 4.71. The van der Waals surface area contributed by atoms with Gasteiger partial charge < -0.3 is 20.3 Å². The predicted octanol–water partition coefficient (Wildman–Crippen LogP) is 3.17. The van der Waals surface area contributed by atoms with Gasteiger partial charge in [-0.3, -0.25) is 9.59 Å². The van der Waals surface area contributed by atoms with Crippen molar-refractivity contribution < 1.29 is 14.3 Å². The fourth-order valence-corrected chi connectivity index (χ4v) is 3.84. The number of amides is 1. The third-order valence-electron chi connectivity index (χ3n) is 5.83. The van der Waals surface area contributed by atoms with Crippen LogP contribution < -0.4 is 10.6 Å². The number of esters is 1. The number of rotatable bonds is 7. The molecule has 2 aliphatic rings. The van der Waals surface area contributed by atoms with Crippen LogP contribution in [0.2, 0.25) is 0 Å². The molecule has 0 spiro atoms. The second-order valence-electron chi connectivity index (χ2n) is 8.00. The Morgan fingerprint density at radius 3 is 2.53 bits per heavy atom. The first-order valence-electron chi connectivity index (χ1n) is 11.2. The quantitative estimate of drug-likeness (QED) is 0.407. The SMILES string of the molecule is CCNC(=NCc1cccc(NC(=O)C2CCC2)c1)N1CCC(C(=O)OCC)CC1. The summed E-state index contributed by atoms with van der Waals surface area (Å²) in [6, 6.07) is 7.91. The molecule has 0 unspecified atom stereocenters. The van der Waals surface area contributed by atoms with Crippen LogP contribution in [0.25, 0.3) is 0 Å². The van der Waals surface area contributed by atoms with Gasteiger partial charge in [0.2, 0.25) is 5.91 Å². The number of hydrogen-bond acceptors (Lipinski definition) is 4. The van der Waals surface area contributed by atoms with Gasteiger partial charge in [0.25, 0.3) is 0 Å². The molecular formula is C23H34N4O3. The first kappa shape index (κ1) is 22.1. The smallest absolute Gasteiger partial charge is 0.309 e. The highest BCUT2D eigenvalue weighted by Crippen LogP contribution is 2.27. The summed E-state index contributed by atoms with van der Waals surface area (Å²) in [6.45, 7) is 7.22. The van der Waals surface area contributed by atoms with Crippen molar-refractivity contribution in [3.05, 3.63) is 29.8 Å². The van der Waals surface area contributed by atoms with Gasteiger partial charge >= 0.3 is 5.97 Å². The first-order valence-corrected chi connectivity index (χ1v) is 11.2. The molecule has 1 aromatic rings. The monoisotopic (exact) mass is 414 g/mol. The zero-order chi connectivity index (χ0) is 21.3. The van der Waals surface area contributed by atoms with Crippen LogP contribution in [0.3, 0.4) is 0 Å². The maximum atomic E-state index is 12.2. The number of carbonyl (C=O) groups excluding carboxylic acids is 2. The maximum absolute atomic E-state index is 12.2. The molecule has 7 nitrogen and oxygen atoms in total. The zero-order valence-corrected chi connectivity index (χ0v) is 18.2. The van der Waals surface area contributed by atoms with Crippen LogP contribution in [-0.2, 0) is 20.9 Å². The van der Waals surface area contributed by atoms with E-state index in [1.165, 1.54) is 0 Å². The van der Waals surface area contributed by atoms with Crippen molar-refractivity contribution in [1.29, 1.82) is 0 Å². The Bertz CT molecular complexity index is 753. The van der Waals surface area contributed by atoms with Crippen LogP contribution in [-0.4, -0.2) is 49.0 Å². The van der Waals surface area contributed by atoms with E-state index in [4.69, 9.17) is 9.73 Å². The summed E-state index contributed by atoms with van der Waals surface area (Å²) in [4.78, 5) is 31.2. The van der Waals surface area contributed by atoms with Crippen LogP contribution in [0.15, 0.2) is 29.3 Å². The second kappa shape index (κ2) is 11.0. The molecule has 2 fully saturated rings. The summed E-state index contributed by atoms with van der Waals surface area (Å²) in [5.41, 5.74) is 1.89. The van der Waals surface area contributed by atoms with E-state index in [1.54, 1.807) is 0 Å². The molecule has 2 N–H and O–H groups in total. The lowest BCUT2D eigenvalue weighted by Gasteiger charge is -2.33. The summed E-state index contributed by atoms with van der Waals surface area (Å²) in [5.74, 6) is 1.06. The first-order chi connectivity index (χ1) is 14.6. The van der Waals surface area contributed by atoms with Gasteiger partial charge in [-0.25, -0.2) is 4.99 Å². The predicted molar refractivity (Wildman–Crippen MR) is 118 cm³/mol. The molecule has 1 saturated carbocycles. The molecule has 0 aromatic heterocycles. The van der Waals surface area contributed by atoms with E-state index in [0.29, 0.717) is 13.2 Å². The Balaban J connectivity index is 1.57. The van der Waals surface area contributed by atoms with E-state index >= 15 is 0 Å². The highest BCUT2D eigenvalue weighted by molar-refractivity contribution is 5.93. The molecule has 1 heterocycles. The van der Waals surface area contributed by atoms with Gasteiger partial charge in [0.05, 0.1) is 19.1 Å². The molecular weight excluding hydrogens is 380 g/mol. The molecule has 1 saturated heterocycles. The van der Waals surface area contributed by atoms with E-state index in [9.17, 15) is 9.59 Å². The average Bonchev–Trinajstić information content (AvgIpc) is 2.70. The number of anilines is 1. The molecule has 7 heteroatoms. The van der Waals surface area contributed by atoms with E-state index in [1.807, 2.05) is 31.2 Å². The summed E-state index contributed by atoms with van der Waals surface area (Å²) < 4.78 is 5.16. The van der Waals surface area contributed by atoms with Gasteiger partial charge in [-0.05, 0) is 57.2 Å². The van der Waals surface area contributed by atoms with Crippen LogP contribution in [0.1, 0.15) is 51.5 Å². The number of piperidine rings is 1. The summed E-state index contributed by atoms with van der Waals surface area (Å²) >= 11 is 0. The topological polar surface area (TPSA) is 83.0 Å². The Labute approximate surface area is 179 Å². The number of benzene rings is 1. The fraction of sp³-hybridized carbons (Fsp3) is 0.609. The minimum atomic E-state index is -0.0835. The zero-order valence-electron chi connectivity index (χ0n) is 18.2. The largest absolute Gasteiger partial charge is 0.466 e. The second-order valence-corrected chi connectivity index (χ2v) is 8.00. The van der Waals surface area contributed by atoms with Gasteiger partial charge in [0.15, 0.2) is 5.96 Å². The van der Waals surface area contributed by atoms with Crippen LogP contribution in [0, 0.1) is 11.8 Å². The van der Waals surface area contributed by atoms with Gasteiger partial charge in [0, 0.05) is 31.2 Å². The standard InChI is InChI=1S/C23H34N4O3/c1-3-24-23(27-13-11-19(12-14-27)22(29)30-4-2)25-16-17-7-5-10-20(15-17)26-21(28)18-8-6-9-18/h5,7,10,15,18-19H,3-4,6,8-9,11-14,16H2,1-2H3,(H,24,25)(H,26,28). The normalized spacial score (nSPS) is 17.9. The number of nitrogens with zero attached hydrogens (tertiary/aromatic N) is 2. The Morgan fingerprint density at radius 2 is 1.90 bits per heavy atom. The van der Waals surface area contributed by atoms with E-state index in [0.717, 1.165) is 68.9 Å². The molecule has 0 bridgehead atoms. The summed E-state index contributed by atoms with van der Waals surface area (Å²) in [5, 5.41) is 6.39. The van der Waals surface area contributed by atoms with Crippen LogP contribution in [0.4, 0.5) is 5.69 Å². The van der Waals surface area contributed by atoms with Crippen molar-refractivity contribution >= 4 is 23.5 Å². The van der Waals surface area contributed by atoms with Crippen molar-refractivity contribution in [2.45, 2.75) is 52.5 Å². The van der Waals surface area contributed by atoms with Crippen molar-refractivity contribution in [3.63, 3.8) is 0 Å². The van der Waals surface area contributed by atoms with Gasteiger partial charge in [0.1, 0.15) is 0 Å². The van der Waals surface area contributed by atoms with Crippen molar-refractivity contribution in [2.75, 3.05) is 31.6 Å². The minimum absolute atomic E-state index is 0.0139. The molecule has 3 rings (SSSR count). The third kappa shape index (κ3) is 5.97. The number of ether oxygens (including phenoxy) is 1. The molecule has 1 aliphatic carbocycles. The van der Waals surface area contributed by atoms with Crippen molar-refractivity contribution in [3.8, 4) is 0 Å². The molecule has 1 aromatic carbocycles. The van der Waals surface area contributed by atoms with Gasteiger partial charge in [-0.1, -0.05) is 18.6 Å². The van der Waals surface area contributed by atoms with E-state index in [2.05, 4.69) is 22.5 Å². The highest BCUT2D eigenvalue weighted by atomic mass is 16.5. The Hall–Kier alpha value is -2.57. The fourth-order valence-electron chi connectivity index (χ4n) is 3.84. The molecule has 164 valence electrons. The lowest BCUT2D eigenvalue weighted by molar-refractivity contribution is -0.149. The molecule has 0 radical (unpaired) electrons.